The van der Waals surface area contributed by atoms with Gasteiger partial charge in [0.05, 0.1) is 19.1 Å². The minimum atomic E-state index is -0.509. The lowest BCUT2D eigenvalue weighted by atomic mass is 10.1. The summed E-state index contributed by atoms with van der Waals surface area (Å²) in [7, 11) is 0. The summed E-state index contributed by atoms with van der Waals surface area (Å²) in [5.74, 6) is -1.62. The molecule has 1 aliphatic rings. The Kier molecular flexibility index (Phi) is 4.24. The van der Waals surface area contributed by atoms with Gasteiger partial charge in [0.1, 0.15) is 5.82 Å². The van der Waals surface area contributed by atoms with Gasteiger partial charge in [-0.25, -0.2) is 4.39 Å². The molecular formula is C14H15FN2O3. The highest BCUT2D eigenvalue weighted by Gasteiger charge is 2.33. The molecule has 1 saturated heterocycles. The molecule has 1 aromatic carbocycles. The van der Waals surface area contributed by atoms with Crippen LogP contribution in [0.15, 0.2) is 24.3 Å². The minimum Gasteiger partial charge on any atom is -0.294 e. The number of imide groups is 1. The van der Waals surface area contributed by atoms with Gasteiger partial charge >= 0.3 is 0 Å². The number of carbonyl (C=O) groups is 3. The van der Waals surface area contributed by atoms with Gasteiger partial charge in [-0.15, -0.1) is 0 Å². The summed E-state index contributed by atoms with van der Waals surface area (Å²) < 4.78 is 13.1. The zero-order valence-corrected chi connectivity index (χ0v) is 11.1. The van der Waals surface area contributed by atoms with Gasteiger partial charge in [-0.1, -0.05) is 19.1 Å². The highest BCUT2D eigenvalue weighted by atomic mass is 19.1. The first-order valence-corrected chi connectivity index (χ1v) is 6.37. The molecule has 0 bridgehead atoms. The van der Waals surface area contributed by atoms with E-state index in [2.05, 4.69) is 5.32 Å². The van der Waals surface area contributed by atoms with Crippen molar-refractivity contribution in [3.63, 3.8) is 0 Å². The van der Waals surface area contributed by atoms with Gasteiger partial charge in [0.2, 0.25) is 11.8 Å². The fraction of sp³-hybridized carbons (Fsp3) is 0.357. The summed E-state index contributed by atoms with van der Waals surface area (Å²) in [6.45, 7) is 1.71. The highest BCUT2D eigenvalue weighted by Crippen LogP contribution is 2.12. The number of benzene rings is 1. The van der Waals surface area contributed by atoms with E-state index in [-0.39, 0.29) is 24.4 Å². The fourth-order valence-electron chi connectivity index (χ4n) is 2.27. The zero-order valence-electron chi connectivity index (χ0n) is 11.1. The monoisotopic (exact) mass is 278 g/mol. The summed E-state index contributed by atoms with van der Waals surface area (Å²) in [6.07, 6.45) is 0.496. The van der Waals surface area contributed by atoms with Crippen LogP contribution in [0.5, 0.6) is 0 Å². The molecule has 1 heterocycles. The molecule has 1 N–H and O–H groups in total. The number of amides is 2. The number of Topliss-reactive ketones (excluding diaryl/α,β-unsaturated/α-hetero) is 1. The maximum Gasteiger partial charge on any atom is 0.243 e. The zero-order chi connectivity index (χ0) is 14.7. The molecule has 5 nitrogen and oxygen atoms in total. The topological polar surface area (TPSA) is 66.5 Å². The van der Waals surface area contributed by atoms with E-state index in [4.69, 9.17) is 0 Å². The van der Waals surface area contributed by atoms with Crippen molar-refractivity contribution in [3.05, 3.63) is 35.6 Å². The van der Waals surface area contributed by atoms with Crippen molar-refractivity contribution in [2.24, 2.45) is 0 Å². The SMILES string of the molecule is CCC1C(=O)NC(=O)CN1CC(=O)c1cccc(F)c1. The van der Waals surface area contributed by atoms with Crippen molar-refractivity contribution in [1.29, 1.82) is 0 Å². The summed E-state index contributed by atoms with van der Waals surface area (Å²) in [5, 5.41) is 2.24. The van der Waals surface area contributed by atoms with E-state index in [0.29, 0.717) is 6.42 Å². The van der Waals surface area contributed by atoms with Crippen molar-refractivity contribution >= 4 is 17.6 Å². The lowest BCUT2D eigenvalue weighted by Gasteiger charge is -2.32. The maximum atomic E-state index is 13.1. The molecular weight excluding hydrogens is 263 g/mol. The average Bonchev–Trinajstić information content (AvgIpc) is 2.38. The van der Waals surface area contributed by atoms with E-state index in [0.717, 1.165) is 6.07 Å². The number of nitrogens with zero attached hydrogens (tertiary/aromatic N) is 1. The van der Waals surface area contributed by atoms with Crippen LogP contribution < -0.4 is 5.32 Å². The standard InChI is InChI=1S/C14H15FN2O3/c1-2-11-14(20)16-13(19)8-17(11)7-12(18)9-4-3-5-10(15)6-9/h3-6,11H,2,7-8H2,1H3,(H,16,19,20). The molecule has 0 aromatic heterocycles. The van der Waals surface area contributed by atoms with Gasteiger partial charge < -0.3 is 0 Å². The lowest BCUT2D eigenvalue weighted by Crippen LogP contribution is -2.58. The van der Waals surface area contributed by atoms with Crippen molar-refractivity contribution in [2.75, 3.05) is 13.1 Å². The Hall–Kier alpha value is -2.08. The Morgan fingerprint density at radius 3 is 2.85 bits per heavy atom. The summed E-state index contributed by atoms with van der Waals surface area (Å²) in [6, 6.07) is 4.86. The molecule has 2 rings (SSSR count). The number of hydrogen-bond acceptors (Lipinski definition) is 4. The molecule has 106 valence electrons. The van der Waals surface area contributed by atoms with Crippen LogP contribution in [0.2, 0.25) is 0 Å². The number of ketones is 1. The molecule has 1 unspecified atom stereocenters. The van der Waals surface area contributed by atoms with Crippen LogP contribution in [-0.4, -0.2) is 41.6 Å². The van der Waals surface area contributed by atoms with Crippen molar-refractivity contribution in [1.82, 2.24) is 10.2 Å². The number of carbonyl (C=O) groups excluding carboxylic acids is 3. The van der Waals surface area contributed by atoms with Crippen molar-refractivity contribution in [2.45, 2.75) is 19.4 Å². The molecule has 6 heteroatoms. The van der Waals surface area contributed by atoms with Crippen LogP contribution >= 0.6 is 0 Å². The van der Waals surface area contributed by atoms with Gasteiger partial charge in [0.25, 0.3) is 0 Å². The normalized spacial score (nSPS) is 19.8. The summed E-state index contributed by atoms with van der Waals surface area (Å²) in [5.41, 5.74) is 0.235. The van der Waals surface area contributed by atoms with Crippen LogP contribution in [0.4, 0.5) is 4.39 Å². The van der Waals surface area contributed by atoms with Gasteiger partial charge in [-0.2, -0.15) is 0 Å². The van der Waals surface area contributed by atoms with Gasteiger partial charge in [-0.3, -0.25) is 24.6 Å². The number of halogens is 1. The van der Waals surface area contributed by atoms with Crippen LogP contribution in [0, 0.1) is 5.82 Å². The number of rotatable bonds is 4. The second-order valence-electron chi connectivity index (χ2n) is 4.67. The summed E-state index contributed by atoms with van der Waals surface area (Å²) >= 11 is 0. The average molecular weight is 278 g/mol. The number of hydrogen-bond donors (Lipinski definition) is 1. The van der Waals surface area contributed by atoms with E-state index in [1.165, 1.54) is 23.1 Å². The Labute approximate surface area is 115 Å². The number of nitrogens with one attached hydrogen (secondary N) is 1. The predicted molar refractivity (Wildman–Crippen MR) is 69.5 cm³/mol. The maximum absolute atomic E-state index is 13.1. The first kappa shape index (κ1) is 14.3. The van der Waals surface area contributed by atoms with E-state index >= 15 is 0 Å². The molecule has 1 atom stereocenters. The summed E-state index contributed by atoms with van der Waals surface area (Å²) in [4.78, 5) is 36.7. The van der Waals surface area contributed by atoms with Crippen LogP contribution in [0.1, 0.15) is 23.7 Å². The van der Waals surface area contributed by atoms with E-state index < -0.39 is 23.7 Å². The van der Waals surface area contributed by atoms with E-state index in [9.17, 15) is 18.8 Å². The van der Waals surface area contributed by atoms with Gasteiger partial charge in [0, 0.05) is 5.56 Å². The van der Waals surface area contributed by atoms with Gasteiger partial charge in [0.15, 0.2) is 5.78 Å². The molecule has 0 spiro atoms. The van der Waals surface area contributed by atoms with Gasteiger partial charge in [-0.05, 0) is 18.6 Å². The second kappa shape index (κ2) is 5.92. The Morgan fingerprint density at radius 2 is 2.20 bits per heavy atom. The van der Waals surface area contributed by atoms with Crippen LogP contribution in [0.25, 0.3) is 0 Å². The third-order valence-corrected chi connectivity index (χ3v) is 3.23. The van der Waals surface area contributed by atoms with E-state index in [1.54, 1.807) is 6.92 Å². The molecule has 1 fully saturated rings. The van der Waals surface area contributed by atoms with Crippen molar-refractivity contribution in [3.8, 4) is 0 Å². The highest BCUT2D eigenvalue weighted by molar-refractivity contribution is 6.03. The van der Waals surface area contributed by atoms with Crippen LogP contribution in [0.3, 0.4) is 0 Å². The molecule has 0 saturated carbocycles. The fourth-order valence-corrected chi connectivity index (χ4v) is 2.27. The van der Waals surface area contributed by atoms with E-state index in [1.807, 2.05) is 0 Å². The number of piperazine rings is 1. The first-order valence-electron chi connectivity index (χ1n) is 6.37. The molecule has 0 radical (unpaired) electrons. The Bertz CT molecular complexity index is 559. The third kappa shape index (κ3) is 3.08. The second-order valence-corrected chi connectivity index (χ2v) is 4.67. The smallest absolute Gasteiger partial charge is 0.243 e. The molecule has 0 aliphatic carbocycles. The molecule has 1 aromatic rings. The molecule has 20 heavy (non-hydrogen) atoms. The minimum absolute atomic E-state index is 0.00863. The molecule has 1 aliphatic heterocycles. The first-order chi connectivity index (χ1) is 9.51. The third-order valence-electron chi connectivity index (χ3n) is 3.23. The Balaban J connectivity index is 2.13. The Morgan fingerprint density at radius 1 is 1.45 bits per heavy atom. The quantitative estimate of drug-likeness (QED) is 0.652. The molecule has 2 amide bonds. The van der Waals surface area contributed by atoms with Crippen LogP contribution in [-0.2, 0) is 9.59 Å². The largest absolute Gasteiger partial charge is 0.294 e. The lowest BCUT2D eigenvalue weighted by molar-refractivity contribution is -0.139. The predicted octanol–water partition coefficient (Wildman–Crippen LogP) is 0.745. The van der Waals surface area contributed by atoms with Crippen molar-refractivity contribution < 1.29 is 18.8 Å².